The Labute approximate surface area is 169 Å². The summed E-state index contributed by atoms with van der Waals surface area (Å²) >= 11 is 0. The van der Waals surface area contributed by atoms with E-state index in [2.05, 4.69) is 20.9 Å². The van der Waals surface area contributed by atoms with Gasteiger partial charge in [-0.2, -0.15) is 0 Å². The number of carbonyl (C=O) groups excluding carboxylic acids is 2. The molecule has 0 saturated heterocycles. The molecule has 3 amide bonds. The van der Waals surface area contributed by atoms with Crippen molar-refractivity contribution in [2.24, 2.45) is 0 Å². The van der Waals surface area contributed by atoms with Crippen LogP contribution in [0.25, 0.3) is 0 Å². The Morgan fingerprint density at radius 1 is 1.07 bits per heavy atom. The van der Waals surface area contributed by atoms with E-state index >= 15 is 0 Å². The number of rotatable bonds is 7. The third-order valence-electron chi connectivity index (χ3n) is 4.37. The number of carbonyl (C=O) groups is 2. The van der Waals surface area contributed by atoms with Gasteiger partial charge in [0.15, 0.2) is 0 Å². The standard InChI is InChI=1S/C21H24N4O4/c26-14-19-18(25-21(28)24-15-6-2-1-3-7-15)10-9-17(29-19)12-20(27)23-13-16-8-4-5-11-22-16/h1-11,17-19,26H,12-14H2,(H,23,27)(H2,24,25,28)/t17-,18+,19+/m1/s1. The van der Waals surface area contributed by atoms with Crippen LogP contribution in [-0.2, 0) is 16.1 Å². The molecule has 0 aliphatic carbocycles. The minimum atomic E-state index is -0.643. The lowest BCUT2D eigenvalue weighted by Gasteiger charge is -2.31. The molecule has 0 bridgehead atoms. The van der Waals surface area contributed by atoms with E-state index in [1.807, 2.05) is 36.4 Å². The molecule has 0 radical (unpaired) electrons. The highest BCUT2D eigenvalue weighted by molar-refractivity contribution is 5.89. The van der Waals surface area contributed by atoms with Gasteiger partial charge in [0.2, 0.25) is 5.91 Å². The average molecular weight is 396 g/mol. The maximum Gasteiger partial charge on any atom is 0.319 e. The number of aliphatic hydroxyl groups excluding tert-OH is 1. The van der Waals surface area contributed by atoms with Crippen LogP contribution in [0.4, 0.5) is 10.5 Å². The molecule has 1 aliphatic heterocycles. The molecule has 0 saturated carbocycles. The third-order valence-corrected chi connectivity index (χ3v) is 4.37. The van der Waals surface area contributed by atoms with Crippen LogP contribution in [0.2, 0.25) is 0 Å². The van der Waals surface area contributed by atoms with Crippen LogP contribution >= 0.6 is 0 Å². The number of nitrogens with one attached hydrogen (secondary N) is 3. The van der Waals surface area contributed by atoms with Crippen molar-refractivity contribution >= 4 is 17.6 Å². The lowest BCUT2D eigenvalue weighted by atomic mass is 10.0. The molecule has 0 fully saturated rings. The Hall–Kier alpha value is -3.23. The summed E-state index contributed by atoms with van der Waals surface area (Å²) in [5.41, 5.74) is 1.43. The Morgan fingerprint density at radius 3 is 2.59 bits per heavy atom. The molecule has 3 atom stereocenters. The van der Waals surface area contributed by atoms with Crippen LogP contribution in [0.1, 0.15) is 12.1 Å². The smallest absolute Gasteiger partial charge is 0.319 e. The molecule has 3 rings (SSSR count). The largest absolute Gasteiger partial charge is 0.394 e. The maximum absolute atomic E-state index is 12.2. The minimum absolute atomic E-state index is 0.114. The van der Waals surface area contributed by atoms with Gasteiger partial charge < -0.3 is 25.8 Å². The monoisotopic (exact) mass is 396 g/mol. The third kappa shape index (κ3) is 6.41. The van der Waals surface area contributed by atoms with Gasteiger partial charge in [-0.05, 0) is 24.3 Å². The van der Waals surface area contributed by atoms with E-state index in [9.17, 15) is 14.7 Å². The second-order valence-electron chi connectivity index (χ2n) is 6.57. The number of amides is 3. The van der Waals surface area contributed by atoms with Crippen molar-refractivity contribution in [1.29, 1.82) is 0 Å². The van der Waals surface area contributed by atoms with Crippen LogP contribution in [0.5, 0.6) is 0 Å². The molecule has 1 aromatic carbocycles. The topological polar surface area (TPSA) is 113 Å². The van der Waals surface area contributed by atoms with Gasteiger partial charge in [-0.1, -0.05) is 36.4 Å². The average Bonchev–Trinajstić information content (AvgIpc) is 2.74. The van der Waals surface area contributed by atoms with Gasteiger partial charge in [-0.25, -0.2) is 4.79 Å². The number of pyridine rings is 1. The zero-order valence-corrected chi connectivity index (χ0v) is 15.8. The molecule has 29 heavy (non-hydrogen) atoms. The molecule has 8 heteroatoms. The highest BCUT2D eigenvalue weighted by Gasteiger charge is 2.29. The molecular weight excluding hydrogens is 372 g/mol. The summed E-state index contributed by atoms with van der Waals surface area (Å²) in [6.45, 7) is 0.0516. The molecular formula is C21H24N4O4. The fourth-order valence-electron chi connectivity index (χ4n) is 2.92. The molecule has 2 aromatic rings. The summed E-state index contributed by atoms with van der Waals surface area (Å²) in [6.07, 6.45) is 4.12. The van der Waals surface area contributed by atoms with Gasteiger partial charge >= 0.3 is 6.03 Å². The Balaban J connectivity index is 1.48. The summed E-state index contributed by atoms with van der Waals surface area (Å²) in [4.78, 5) is 28.5. The van der Waals surface area contributed by atoms with Crippen LogP contribution in [0, 0.1) is 0 Å². The summed E-state index contributed by atoms with van der Waals surface area (Å²) in [5, 5.41) is 17.9. The first-order valence-corrected chi connectivity index (χ1v) is 9.38. The minimum Gasteiger partial charge on any atom is -0.394 e. The van der Waals surface area contributed by atoms with Gasteiger partial charge in [0.1, 0.15) is 6.10 Å². The lowest BCUT2D eigenvalue weighted by molar-refractivity contribution is -0.125. The van der Waals surface area contributed by atoms with Crippen LogP contribution in [0.3, 0.4) is 0 Å². The molecule has 8 nitrogen and oxygen atoms in total. The van der Waals surface area contributed by atoms with Crippen molar-refractivity contribution < 1.29 is 19.4 Å². The van der Waals surface area contributed by atoms with E-state index in [-0.39, 0.29) is 18.9 Å². The van der Waals surface area contributed by atoms with Gasteiger partial charge in [0.25, 0.3) is 0 Å². The van der Waals surface area contributed by atoms with Gasteiger partial charge in [-0.3, -0.25) is 9.78 Å². The quantitative estimate of drug-likeness (QED) is 0.531. The number of benzene rings is 1. The van der Waals surface area contributed by atoms with E-state index < -0.39 is 24.3 Å². The van der Waals surface area contributed by atoms with Crippen LogP contribution in [0.15, 0.2) is 66.9 Å². The number of hydrogen-bond donors (Lipinski definition) is 4. The Bertz CT molecular complexity index is 829. The Kier molecular flexibility index (Phi) is 7.32. The molecule has 4 N–H and O–H groups in total. The first kappa shape index (κ1) is 20.5. The van der Waals surface area contributed by atoms with Crippen molar-refractivity contribution in [2.45, 2.75) is 31.2 Å². The predicted molar refractivity (Wildman–Crippen MR) is 108 cm³/mol. The number of urea groups is 1. The van der Waals surface area contributed by atoms with Crippen LogP contribution < -0.4 is 16.0 Å². The maximum atomic E-state index is 12.2. The second-order valence-corrected chi connectivity index (χ2v) is 6.57. The van der Waals surface area contributed by atoms with Crippen molar-refractivity contribution in [3.63, 3.8) is 0 Å². The fraction of sp³-hybridized carbons (Fsp3) is 0.286. The van der Waals surface area contributed by atoms with Gasteiger partial charge in [0.05, 0.1) is 37.4 Å². The first-order valence-electron chi connectivity index (χ1n) is 9.38. The van der Waals surface area contributed by atoms with Crippen LogP contribution in [-0.4, -0.2) is 46.9 Å². The first-order chi connectivity index (χ1) is 14.1. The zero-order valence-electron chi connectivity index (χ0n) is 15.8. The van der Waals surface area contributed by atoms with Gasteiger partial charge in [0, 0.05) is 11.9 Å². The highest BCUT2D eigenvalue weighted by Crippen LogP contribution is 2.16. The van der Waals surface area contributed by atoms with E-state index in [0.717, 1.165) is 5.69 Å². The lowest BCUT2D eigenvalue weighted by Crippen LogP contribution is -2.50. The Morgan fingerprint density at radius 2 is 1.86 bits per heavy atom. The van der Waals surface area contributed by atoms with Crippen molar-refractivity contribution in [3.8, 4) is 0 Å². The van der Waals surface area contributed by atoms with Crippen molar-refractivity contribution in [2.75, 3.05) is 11.9 Å². The number of aliphatic hydroxyl groups is 1. The molecule has 1 aromatic heterocycles. The summed E-state index contributed by atoms with van der Waals surface area (Å²) in [6, 6.07) is 13.6. The molecule has 152 valence electrons. The zero-order chi connectivity index (χ0) is 20.5. The van der Waals surface area contributed by atoms with E-state index in [1.54, 1.807) is 30.5 Å². The second kappa shape index (κ2) is 10.4. The normalized spacial score (nSPS) is 20.7. The summed E-state index contributed by atoms with van der Waals surface area (Å²) < 4.78 is 5.77. The van der Waals surface area contributed by atoms with E-state index in [1.165, 1.54) is 0 Å². The summed E-state index contributed by atoms with van der Waals surface area (Å²) in [5.74, 6) is -0.185. The van der Waals surface area contributed by atoms with Crippen molar-refractivity contribution in [3.05, 3.63) is 72.6 Å². The van der Waals surface area contributed by atoms with Gasteiger partial charge in [-0.15, -0.1) is 0 Å². The number of hydrogen-bond acceptors (Lipinski definition) is 5. The number of nitrogens with zero attached hydrogens (tertiary/aromatic N) is 1. The molecule has 0 spiro atoms. The number of anilines is 1. The molecule has 2 heterocycles. The van der Waals surface area contributed by atoms with E-state index in [4.69, 9.17) is 4.74 Å². The highest BCUT2D eigenvalue weighted by atomic mass is 16.5. The predicted octanol–water partition coefficient (Wildman–Crippen LogP) is 1.59. The number of aromatic nitrogens is 1. The molecule has 1 aliphatic rings. The number of para-hydroxylation sites is 1. The summed E-state index contributed by atoms with van der Waals surface area (Å²) in [7, 11) is 0. The number of ether oxygens (including phenoxy) is 1. The fourth-order valence-corrected chi connectivity index (χ4v) is 2.92. The molecule has 0 unspecified atom stereocenters. The van der Waals surface area contributed by atoms with Crippen molar-refractivity contribution in [1.82, 2.24) is 15.6 Å². The SMILES string of the molecule is O=C(C[C@H]1C=C[C@H](NC(=O)Nc2ccccc2)[C@H](CO)O1)NCc1ccccn1. The van der Waals surface area contributed by atoms with E-state index in [0.29, 0.717) is 12.2 Å².